The number of benzene rings is 1. The largest absolute Gasteiger partial charge is 0.573 e. The number of tetrazole rings is 1. The van der Waals surface area contributed by atoms with Crippen molar-refractivity contribution < 1.29 is 22.6 Å². The van der Waals surface area contributed by atoms with Gasteiger partial charge in [-0.3, -0.25) is 0 Å². The van der Waals surface area contributed by atoms with Crippen LogP contribution in [0.1, 0.15) is 11.6 Å². The highest BCUT2D eigenvalue weighted by Crippen LogP contribution is 2.23. The van der Waals surface area contributed by atoms with Crippen LogP contribution in [0.2, 0.25) is 0 Å². The lowest BCUT2D eigenvalue weighted by atomic mass is 10.1. The number of aromatic nitrogens is 4. The van der Waals surface area contributed by atoms with E-state index in [0.29, 0.717) is 13.0 Å². The summed E-state index contributed by atoms with van der Waals surface area (Å²) in [7, 11) is 1.55. The van der Waals surface area contributed by atoms with Gasteiger partial charge in [-0.1, -0.05) is 12.1 Å². The van der Waals surface area contributed by atoms with Crippen molar-refractivity contribution in [2.24, 2.45) is 0 Å². The van der Waals surface area contributed by atoms with Crippen LogP contribution >= 0.6 is 0 Å². The van der Waals surface area contributed by atoms with Crippen LogP contribution in [-0.4, -0.2) is 40.3 Å². The third-order valence-electron chi connectivity index (χ3n) is 2.68. The molecule has 9 heteroatoms. The maximum absolute atomic E-state index is 12.1. The van der Waals surface area contributed by atoms with Crippen LogP contribution in [0.25, 0.3) is 0 Å². The van der Waals surface area contributed by atoms with E-state index < -0.39 is 6.36 Å². The Bertz CT molecular complexity index is 543. The topological polar surface area (TPSA) is 62.1 Å². The summed E-state index contributed by atoms with van der Waals surface area (Å²) in [5.74, 6) is -0.256. The van der Waals surface area contributed by atoms with Gasteiger partial charge in [0.05, 0.1) is 6.61 Å². The summed E-state index contributed by atoms with van der Waals surface area (Å²) in [6.45, 7) is 0.358. The highest BCUT2D eigenvalue weighted by molar-refractivity contribution is 5.27. The third-order valence-corrected chi connectivity index (χ3v) is 2.68. The van der Waals surface area contributed by atoms with Gasteiger partial charge < -0.3 is 9.47 Å². The first kappa shape index (κ1) is 15.2. The molecule has 0 amide bonds. The van der Waals surface area contributed by atoms with Gasteiger partial charge in [-0.05, 0) is 29.3 Å². The highest BCUT2D eigenvalue weighted by Gasteiger charge is 2.31. The van der Waals surface area contributed by atoms with Crippen molar-refractivity contribution in [3.05, 3.63) is 36.2 Å². The quantitative estimate of drug-likeness (QED) is 0.816. The minimum absolute atomic E-state index is 0.188. The highest BCUT2D eigenvalue weighted by atomic mass is 19.4. The predicted molar refractivity (Wildman–Crippen MR) is 65.6 cm³/mol. The molecule has 2 rings (SSSR count). The van der Waals surface area contributed by atoms with Gasteiger partial charge >= 0.3 is 6.36 Å². The van der Waals surface area contributed by atoms with Gasteiger partial charge in [0.15, 0.2) is 6.33 Å². The number of rotatable bonds is 6. The first-order chi connectivity index (χ1) is 9.98. The minimum Gasteiger partial charge on any atom is -0.406 e. The van der Waals surface area contributed by atoms with Crippen LogP contribution in [0, 0.1) is 0 Å². The monoisotopic (exact) mass is 302 g/mol. The zero-order chi connectivity index (χ0) is 15.3. The molecule has 0 radical (unpaired) electrons. The van der Waals surface area contributed by atoms with Crippen molar-refractivity contribution in [2.45, 2.75) is 18.8 Å². The fourth-order valence-corrected chi connectivity index (χ4v) is 1.84. The van der Waals surface area contributed by atoms with E-state index in [1.807, 2.05) is 0 Å². The summed E-state index contributed by atoms with van der Waals surface area (Å²) in [4.78, 5) is 1.41. The van der Waals surface area contributed by atoms with Gasteiger partial charge in [-0.25, -0.2) is 0 Å². The Morgan fingerprint density at radius 2 is 1.95 bits per heavy atom. The lowest BCUT2D eigenvalue weighted by molar-refractivity contribution is -0.274. The Morgan fingerprint density at radius 1 is 1.24 bits per heavy atom. The molecule has 0 aliphatic rings. The number of halogens is 3. The van der Waals surface area contributed by atoms with E-state index in [1.165, 1.54) is 23.3 Å². The number of alkyl halides is 3. The Morgan fingerprint density at radius 3 is 2.48 bits per heavy atom. The Hall–Kier alpha value is -2.16. The summed E-state index contributed by atoms with van der Waals surface area (Å²) in [6, 6.07) is 5.46. The molecule has 1 atom stereocenters. The van der Waals surface area contributed by atoms with E-state index in [0.717, 1.165) is 5.56 Å². The molecule has 1 heterocycles. The van der Waals surface area contributed by atoms with E-state index in [2.05, 4.69) is 20.1 Å². The van der Waals surface area contributed by atoms with Crippen LogP contribution < -0.4 is 4.74 Å². The number of hydrogen-bond acceptors (Lipinski definition) is 5. The van der Waals surface area contributed by atoms with Gasteiger partial charge in [0, 0.05) is 7.11 Å². The second-order valence-electron chi connectivity index (χ2n) is 4.26. The molecule has 0 spiro atoms. The van der Waals surface area contributed by atoms with Crippen LogP contribution in [0.15, 0.2) is 30.6 Å². The molecular weight excluding hydrogens is 289 g/mol. The van der Waals surface area contributed by atoms with Gasteiger partial charge in [0.1, 0.15) is 11.8 Å². The summed E-state index contributed by atoms with van der Waals surface area (Å²) in [5.41, 5.74) is 0.809. The smallest absolute Gasteiger partial charge is 0.406 e. The predicted octanol–water partition coefficient (Wildman–Crippen LogP) is 2.00. The molecule has 114 valence electrons. The molecule has 0 N–H and O–H groups in total. The van der Waals surface area contributed by atoms with E-state index in [1.54, 1.807) is 19.2 Å². The van der Waals surface area contributed by atoms with E-state index in [4.69, 9.17) is 4.74 Å². The van der Waals surface area contributed by atoms with Crippen LogP contribution in [-0.2, 0) is 11.2 Å². The van der Waals surface area contributed by atoms with Crippen LogP contribution in [0.4, 0.5) is 13.2 Å². The van der Waals surface area contributed by atoms with Gasteiger partial charge in [0.2, 0.25) is 0 Å². The number of ether oxygens (including phenoxy) is 2. The second kappa shape index (κ2) is 6.53. The Balaban J connectivity index is 2.04. The lowest BCUT2D eigenvalue weighted by Gasteiger charge is -2.15. The number of hydrogen-bond donors (Lipinski definition) is 0. The molecule has 0 saturated carbocycles. The van der Waals surface area contributed by atoms with Gasteiger partial charge in [-0.2, -0.15) is 4.80 Å². The van der Waals surface area contributed by atoms with Crippen LogP contribution in [0.5, 0.6) is 5.75 Å². The second-order valence-corrected chi connectivity index (χ2v) is 4.26. The molecule has 2 aromatic rings. The molecule has 6 nitrogen and oxygen atoms in total. The van der Waals surface area contributed by atoms with Crippen molar-refractivity contribution in [3.63, 3.8) is 0 Å². The molecule has 0 fully saturated rings. The van der Waals surface area contributed by atoms with Crippen molar-refractivity contribution in [1.29, 1.82) is 0 Å². The Kier molecular flexibility index (Phi) is 4.73. The van der Waals surface area contributed by atoms with Crippen molar-refractivity contribution in [1.82, 2.24) is 20.2 Å². The fraction of sp³-hybridized carbons (Fsp3) is 0.417. The van der Waals surface area contributed by atoms with Crippen LogP contribution in [0.3, 0.4) is 0 Å². The average Bonchev–Trinajstić information content (AvgIpc) is 2.92. The van der Waals surface area contributed by atoms with Gasteiger partial charge in [-0.15, -0.1) is 23.4 Å². The third kappa shape index (κ3) is 4.71. The number of methoxy groups -OCH3 is 1. The van der Waals surface area contributed by atoms with E-state index in [-0.39, 0.29) is 11.8 Å². The van der Waals surface area contributed by atoms with E-state index in [9.17, 15) is 13.2 Å². The summed E-state index contributed by atoms with van der Waals surface area (Å²) in [6.07, 6.45) is -2.88. The SMILES string of the molecule is COCC(Cc1ccc(OC(F)(F)F)cc1)n1ncnn1. The van der Waals surface area contributed by atoms with Crippen molar-refractivity contribution in [3.8, 4) is 5.75 Å². The molecule has 0 aliphatic carbocycles. The molecular formula is C12H13F3N4O2. The molecule has 21 heavy (non-hydrogen) atoms. The molecule has 1 unspecified atom stereocenters. The molecule has 0 saturated heterocycles. The average molecular weight is 302 g/mol. The van der Waals surface area contributed by atoms with Crippen molar-refractivity contribution in [2.75, 3.05) is 13.7 Å². The van der Waals surface area contributed by atoms with Crippen molar-refractivity contribution >= 4 is 0 Å². The standard InChI is InChI=1S/C12H13F3N4O2/c1-20-7-10(19-17-8-16-18-19)6-9-2-4-11(5-3-9)21-12(13,14)15/h2-5,8,10H,6-7H2,1H3. The summed E-state index contributed by atoms with van der Waals surface area (Å²) >= 11 is 0. The van der Waals surface area contributed by atoms with E-state index >= 15 is 0 Å². The molecule has 1 aromatic heterocycles. The minimum atomic E-state index is -4.69. The van der Waals surface area contributed by atoms with Gasteiger partial charge in [0.25, 0.3) is 0 Å². The molecule has 0 aliphatic heterocycles. The zero-order valence-corrected chi connectivity index (χ0v) is 11.1. The Labute approximate surface area is 118 Å². The summed E-state index contributed by atoms with van der Waals surface area (Å²) < 4.78 is 45.1. The maximum Gasteiger partial charge on any atom is 0.573 e. The fourth-order valence-electron chi connectivity index (χ4n) is 1.84. The summed E-state index contributed by atoms with van der Waals surface area (Å²) in [5, 5.41) is 11.4. The maximum atomic E-state index is 12.1. The first-order valence-electron chi connectivity index (χ1n) is 6.04. The molecule has 0 bridgehead atoms. The number of nitrogens with zero attached hydrogens (tertiary/aromatic N) is 4. The normalized spacial score (nSPS) is 13.1. The first-order valence-corrected chi connectivity index (χ1v) is 6.04. The zero-order valence-electron chi connectivity index (χ0n) is 11.1. The lowest BCUT2D eigenvalue weighted by Crippen LogP contribution is -2.20. The molecule has 1 aromatic carbocycles.